The highest BCUT2D eigenvalue weighted by Crippen LogP contribution is 2.46. The first-order valence-electron chi connectivity index (χ1n) is 5.27. The predicted octanol–water partition coefficient (Wildman–Crippen LogP) is 1.94. The van der Waals surface area contributed by atoms with Crippen LogP contribution in [0.5, 0.6) is 0 Å². The van der Waals surface area contributed by atoms with Gasteiger partial charge in [-0.15, -0.1) is 0 Å². The molecule has 0 radical (unpaired) electrons. The predicted molar refractivity (Wildman–Crippen MR) is 59.1 cm³/mol. The van der Waals surface area contributed by atoms with Gasteiger partial charge in [-0.3, -0.25) is 9.59 Å². The number of carbonyl (C=O) groups excluding carboxylic acids is 1. The van der Waals surface area contributed by atoms with Crippen molar-refractivity contribution in [2.45, 2.75) is 19.8 Å². The SMILES string of the molecule is Cc1ccc(F)cc1NC(=O)C1(C(=O)O)CC1. The lowest BCUT2D eigenvalue weighted by Gasteiger charge is -2.12. The molecule has 17 heavy (non-hydrogen) atoms. The normalized spacial score (nSPS) is 16.4. The lowest BCUT2D eigenvalue weighted by atomic mass is 10.1. The van der Waals surface area contributed by atoms with Gasteiger partial charge in [0.05, 0.1) is 0 Å². The first-order chi connectivity index (χ1) is 7.95. The summed E-state index contributed by atoms with van der Waals surface area (Å²) in [5.74, 6) is -2.16. The maximum atomic E-state index is 13.0. The molecule has 1 aromatic carbocycles. The van der Waals surface area contributed by atoms with Gasteiger partial charge in [-0.05, 0) is 37.5 Å². The molecule has 0 aromatic heterocycles. The quantitative estimate of drug-likeness (QED) is 0.789. The number of halogens is 1. The molecule has 4 nitrogen and oxygen atoms in total. The molecular weight excluding hydrogens is 225 g/mol. The molecule has 0 unspecified atom stereocenters. The second-order valence-electron chi connectivity index (χ2n) is 4.30. The summed E-state index contributed by atoms with van der Waals surface area (Å²) in [7, 11) is 0. The number of carbonyl (C=O) groups is 2. The van der Waals surface area contributed by atoms with E-state index in [9.17, 15) is 14.0 Å². The summed E-state index contributed by atoms with van der Waals surface area (Å²) in [6, 6.07) is 4.01. The molecule has 0 bridgehead atoms. The number of carboxylic acids is 1. The molecule has 1 aliphatic carbocycles. The monoisotopic (exact) mass is 237 g/mol. The number of rotatable bonds is 3. The van der Waals surface area contributed by atoms with E-state index in [4.69, 9.17) is 5.11 Å². The Morgan fingerprint density at radius 1 is 1.41 bits per heavy atom. The van der Waals surface area contributed by atoms with Crippen LogP contribution < -0.4 is 5.32 Å². The van der Waals surface area contributed by atoms with E-state index in [1.54, 1.807) is 6.92 Å². The zero-order valence-corrected chi connectivity index (χ0v) is 9.29. The van der Waals surface area contributed by atoms with E-state index in [1.807, 2.05) is 0 Å². The highest BCUT2D eigenvalue weighted by molar-refractivity contribution is 6.11. The summed E-state index contributed by atoms with van der Waals surface area (Å²) in [5.41, 5.74) is -0.290. The van der Waals surface area contributed by atoms with Crippen LogP contribution in [0.2, 0.25) is 0 Å². The number of aryl methyl sites for hydroxylation is 1. The highest BCUT2D eigenvalue weighted by Gasteiger charge is 2.57. The number of nitrogens with one attached hydrogen (secondary N) is 1. The Kier molecular flexibility index (Phi) is 2.61. The van der Waals surface area contributed by atoms with Gasteiger partial charge in [0.1, 0.15) is 11.2 Å². The fraction of sp³-hybridized carbons (Fsp3) is 0.333. The molecule has 2 N–H and O–H groups in total. The minimum atomic E-state index is -1.31. The van der Waals surface area contributed by atoms with Crippen molar-refractivity contribution in [1.29, 1.82) is 0 Å². The number of hydrogen-bond donors (Lipinski definition) is 2. The summed E-state index contributed by atoms with van der Waals surface area (Å²) in [4.78, 5) is 22.7. The summed E-state index contributed by atoms with van der Waals surface area (Å²) >= 11 is 0. The minimum absolute atomic E-state index is 0.322. The second kappa shape index (κ2) is 3.84. The van der Waals surface area contributed by atoms with Gasteiger partial charge in [0.25, 0.3) is 0 Å². The van der Waals surface area contributed by atoms with Crippen molar-refractivity contribution in [2.24, 2.45) is 5.41 Å². The summed E-state index contributed by atoms with van der Waals surface area (Å²) in [6.45, 7) is 1.72. The van der Waals surface area contributed by atoms with Gasteiger partial charge in [0, 0.05) is 5.69 Å². The molecule has 0 atom stereocenters. The van der Waals surface area contributed by atoms with Crippen LogP contribution in [-0.2, 0) is 9.59 Å². The number of amides is 1. The Hall–Kier alpha value is -1.91. The number of anilines is 1. The molecular formula is C12H12FNO3. The molecule has 1 aromatic rings. The van der Waals surface area contributed by atoms with Crippen LogP contribution in [0.15, 0.2) is 18.2 Å². The molecule has 0 aliphatic heterocycles. The number of aliphatic carboxylic acids is 1. The third kappa shape index (κ3) is 2.00. The fourth-order valence-electron chi connectivity index (χ4n) is 1.63. The van der Waals surface area contributed by atoms with Gasteiger partial charge in [-0.25, -0.2) is 4.39 Å². The van der Waals surface area contributed by atoms with Crippen molar-refractivity contribution in [3.63, 3.8) is 0 Å². The topological polar surface area (TPSA) is 66.4 Å². The first kappa shape index (κ1) is 11.6. The van der Waals surface area contributed by atoms with Crippen molar-refractivity contribution in [1.82, 2.24) is 0 Å². The van der Waals surface area contributed by atoms with Crippen LogP contribution in [0.3, 0.4) is 0 Å². The summed E-state index contributed by atoms with van der Waals surface area (Å²) in [5, 5.41) is 11.4. The molecule has 1 fully saturated rings. The van der Waals surface area contributed by atoms with E-state index in [1.165, 1.54) is 18.2 Å². The van der Waals surface area contributed by atoms with E-state index < -0.39 is 23.1 Å². The average Bonchev–Trinajstić information content (AvgIpc) is 3.04. The molecule has 90 valence electrons. The first-order valence-corrected chi connectivity index (χ1v) is 5.27. The van der Waals surface area contributed by atoms with Gasteiger partial charge in [-0.1, -0.05) is 6.07 Å². The van der Waals surface area contributed by atoms with Crippen molar-refractivity contribution in [2.75, 3.05) is 5.32 Å². The molecule has 0 spiro atoms. The molecule has 0 heterocycles. The molecule has 0 saturated heterocycles. The molecule has 2 rings (SSSR count). The maximum Gasteiger partial charge on any atom is 0.319 e. The third-order valence-electron chi connectivity index (χ3n) is 3.04. The third-order valence-corrected chi connectivity index (χ3v) is 3.04. The Morgan fingerprint density at radius 3 is 2.59 bits per heavy atom. The average molecular weight is 237 g/mol. The van der Waals surface area contributed by atoms with Gasteiger partial charge in [0.2, 0.25) is 5.91 Å². The molecule has 5 heteroatoms. The zero-order chi connectivity index (χ0) is 12.6. The van der Waals surface area contributed by atoms with Gasteiger partial charge in [-0.2, -0.15) is 0 Å². The lowest BCUT2D eigenvalue weighted by molar-refractivity contribution is -0.147. The number of carboxylic acid groups (broad SMARTS) is 1. The van der Waals surface area contributed by atoms with Crippen LogP contribution in [0.4, 0.5) is 10.1 Å². The Balaban J connectivity index is 2.19. The van der Waals surface area contributed by atoms with E-state index in [2.05, 4.69) is 5.32 Å². The van der Waals surface area contributed by atoms with Crippen molar-refractivity contribution >= 4 is 17.6 Å². The van der Waals surface area contributed by atoms with Gasteiger partial charge < -0.3 is 10.4 Å². The van der Waals surface area contributed by atoms with Crippen LogP contribution in [0.25, 0.3) is 0 Å². The fourth-order valence-corrected chi connectivity index (χ4v) is 1.63. The second-order valence-corrected chi connectivity index (χ2v) is 4.30. The minimum Gasteiger partial charge on any atom is -0.480 e. The Labute approximate surface area is 97.4 Å². The van der Waals surface area contributed by atoms with E-state index in [0.717, 1.165) is 0 Å². The van der Waals surface area contributed by atoms with Crippen LogP contribution in [0.1, 0.15) is 18.4 Å². The summed E-state index contributed by atoms with van der Waals surface area (Å²) < 4.78 is 13.0. The van der Waals surface area contributed by atoms with Crippen molar-refractivity contribution < 1.29 is 19.1 Å². The smallest absolute Gasteiger partial charge is 0.319 e. The van der Waals surface area contributed by atoms with E-state index in [-0.39, 0.29) is 0 Å². The lowest BCUT2D eigenvalue weighted by Crippen LogP contribution is -2.31. The number of benzene rings is 1. The Morgan fingerprint density at radius 2 is 2.06 bits per heavy atom. The van der Waals surface area contributed by atoms with E-state index in [0.29, 0.717) is 24.1 Å². The Bertz CT molecular complexity index is 495. The van der Waals surface area contributed by atoms with Crippen LogP contribution in [0, 0.1) is 18.2 Å². The molecule has 1 saturated carbocycles. The van der Waals surface area contributed by atoms with Crippen molar-refractivity contribution in [3.8, 4) is 0 Å². The highest BCUT2D eigenvalue weighted by atomic mass is 19.1. The van der Waals surface area contributed by atoms with Gasteiger partial charge >= 0.3 is 5.97 Å². The van der Waals surface area contributed by atoms with Crippen LogP contribution in [-0.4, -0.2) is 17.0 Å². The largest absolute Gasteiger partial charge is 0.480 e. The van der Waals surface area contributed by atoms with Crippen LogP contribution >= 0.6 is 0 Å². The number of hydrogen-bond acceptors (Lipinski definition) is 2. The maximum absolute atomic E-state index is 13.0. The summed E-state index contributed by atoms with van der Waals surface area (Å²) in [6.07, 6.45) is 0.672. The standard InChI is InChI=1S/C12H12FNO3/c1-7-2-3-8(13)6-9(7)14-10(15)12(4-5-12)11(16)17/h2-3,6H,4-5H2,1H3,(H,14,15)(H,16,17). The molecule has 1 aliphatic rings. The van der Waals surface area contributed by atoms with E-state index >= 15 is 0 Å². The van der Waals surface area contributed by atoms with Gasteiger partial charge in [0.15, 0.2) is 0 Å². The molecule has 1 amide bonds. The zero-order valence-electron chi connectivity index (χ0n) is 9.29. The van der Waals surface area contributed by atoms with Crippen molar-refractivity contribution in [3.05, 3.63) is 29.6 Å².